The predicted octanol–water partition coefficient (Wildman–Crippen LogP) is 5.02. The van der Waals surface area contributed by atoms with Gasteiger partial charge in [0.25, 0.3) is 0 Å². The minimum Gasteiger partial charge on any atom is -0.207 e. The monoisotopic (exact) mass is 314 g/mol. The van der Waals surface area contributed by atoms with Crippen LogP contribution in [0.5, 0.6) is 0 Å². The lowest BCUT2D eigenvalue weighted by molar-refractivity contribution is 0.619. The maximum Gasteiger partial charge on any atom is 0.137 e. The molecule has 88 valence electrons. The third-order valence-electron chi connectivity index (χ3n) is 2.22. The SMILES string of the molecule is Fc1cccc(SCc2cccc(F)c2Br)c1. The van der Waals surface area contributed by atoms with Gasteiger partial charge in [-0.2, -0.15) is 0 Å². The fourth-order valence-corrected chi connectivity index (χ4v) is 2.90. The Morgan fingerprint density at radius 1 is 1.06 bits per heavy atom. The molecule has 17 heavy (non-hydrogen) atoms. The maximum absolute atomic E-state index is 13.3. The van der Waals surface area contributed by atoms with E-state index in [2.05, 4.69) is 15.9 Å². The van der Waals surface area contributed by atoms with E-state index < -0.39 is 0 Å². The van der Waals surface area contributed by atoms with Crippen LogP contribution in [0.25, 0.3) is 0 Å². The smallest absolute Gasteiger partial charge is 0.137 e. The number of benzene rings is 2. The van der Waals surface area contributed by atoms with E-state index in [1.54, 1.807) is 12.1 Å². The lowest BCUT2D eigenvalue weighted by Crippen LogP contribution is -1.87. The number of halogens is 3. The van der Waals surface area contributed by atoms with Gasteiger partial charge in [0.1, 0.15) is 11.6 Å². The molecule has 0 amide bonds. The molecule has 0 saturated heterocycles. The largest absolute Gasteiger partial charge is 0.207 e. The Bertz CT molecular complexity index is 529. The molecule has 4 heteroatoms. The summed E-state index contributed by atoms with van der Waals surface area (Å²) in [5.41, 5.74) is 0.860. The van der Waals surface area contributed by atoms with Crippen LogP contribution in [0, 0.1) is 11.6 Å². The van der Waals surface area contributed by atoms with Gasteiger partial charge in [-0.15, -0.1) is 11.8 Å². The zero-order chi connectivity index (χ0) is 12.3. The van der Waals surface area contributed by atoms with Crippen molar-refractivity contribution < 1.29 is 8.78 Å². The summed E-state index contributed by atoms with van der Waals surface area (Å²) in [6, 6.07) is 11.3. The van der Waals surface area contributed by atoms with E-state index in [0.717, 1.165) is 10.5 Å². The van der Waals surface area contributed by atoms with Crippen molar-refractivity contribution in [1.29, 1.82) is 0 Å². The van der Waals surface area contributed by atoms with Crippen LogP contribution in [0.1, 0.15) is 5.56 Å². The Kier molecular flexibility index (Phi) is 4.18. The quantitative estimate of drug-likeness (QED) is 0.717. The highest BCUT2D eigenvalue weighted by atomic mass is 79.9. The second kappa shape index (κ2) is 5.65. The third kappa shape index (κ3) is 3.30. The fraction of sp³-hybridized carbons (Fsp3) is 0.0769. The highest BCUT2D eigenvalue weighted by Crippen LogP contribution is 2.28. The molecule has 0 radical (unpaired) electrons. The molecular formula is C13H9BrF2S. The average molecular weight is 315 g/mol. The van der Waals surface area contributed by atoms with Gasteiger partial charge in [0, 0.05) is 10.6 Å². The van der Waals surface area contributed by atoms with Crippen LogP contribution in [0.15, 0.2) is 51.8 Å². The molecule has 0 bridgehead atoms. The number of rotatable bonds is 3. The van der Waals surface area contributed by atoms with E-state index in [4.69, 9.17) is 0 Å². The van der Waals surface area contributed by atoms with Crippen molar-refractivity contribution >= 4 is 27.7 Å². The van der Waals surface area contributed by atoms with E-state index in [1.165, 1.54) is 30.0 Å². The molecule has 0 N–H and O–H groups in total. The van der Waals surface area contributed by atoms with Gasteiger partial charge in [-0.3, -0.25) is 0 Å². The van der Waals surface area contributed by atoms with Crippen LogP contribution in [0.2, 0.25) is 0 Å². The van der Waals surface area contributed by atoms with Crippen molar-refractivity contribution in [2.24, 2.45) is 0 Å². The van der Waals surface area contributed by atoms with Crippen molar-refractivity contribution in [3.63, 3.8) is 0 Å². The van der Waals surface area contributed by atoms with Crippen molar-refractivity contribution in [2.75, 3.05) is 0 Å². The lowest BCUT2D eigenvalue weighted by atomic mass is 10.2. The van der Waals surface area contributed by atoms with Gasteiger partial charge in [-0.05, 0) is 45.8 Å². The minimum atomic E-state index is -0.276. The van der Waals surface area contributed by atoms with Gasteiger partial charge in [-0.1, -0.05) is 18.2 Å². The molecule has 0 aliphatic heterocycles. The zero-order valence-corrected chi connectivity index (χ0v) is 11.2. The van der Waals surface area contributed by atoms with Crippen LogP contribution in [0.3, 0.4) is 0 Å². The minimum absolute atomic E-state index is 0.256. The van der Waals surface area contributed by atoms with Crippen molar-refractivity contribution in [2.45, 2.75) is 10.6 Å². The van der Waals surface area contributed by atoms with Gasteiger partial charge in [0.15, 0.2) is 0 Å². The topological polar surface area (TPSA) is 0 Å². The van der Waals surface area contributed by atoms with Crippen LogP contribution in [0.4, 0.5) is 8.78 Å². The van der Waals surface area contributed by atoms with E-state index in [0.29, 0.717) is 10.2 Å². The van der Waals surface area contributed by atoms with E-state index in [9.17, 15) is 8.78 Å². The molecule has 2 aromatic rings. The Morgan fingerprint density at radius 3 is 2.59 bits per heavy atom. The second-order valence-corrected chi connectivity index (χ2v) is 5.30. The first-order valence-electron chi connectivity index (χ1n) is 4.98. The summed E-state index contributed by atoms with van der Waals surface area (Å²) in [7, 11) is 0. The van der Waals surface area contributed by atoms with Gasteiger partial charge in [0.2, 0.25) is 0 Å². The fourth-order valence-electron chi connectivity index (χ4n) is 1.38. The first-order valence-corrected chi connectivity index (χ1v) is 6.76. The molecule has 0 aliphatic rings. The lowest BCUT2D eigenvalue weighted by Gasteiger charge is -2.05. The first kappa shape index (κ1) is 12.6. The van der Waals surface area contributed by atoms with Gasteiger partial charge >= 0.3 is 0 Å². The summed E-state index contributed by atoms with van der Waals surface area (Å²) in [5, 5.41) is 0. The van der Waals surface area contributed by atoms with Crippen LogP contribution < -0.4 is 0 Å². The molecule has 2 aromatic carbocycles. The summed E-state index contributed by atoms with van der Waals surface area (Å²) in [4.78, 5) is 0.834. The summed E-state index contributed by atoms with van der Waals surface area (Å²) < 4.78 is 26.7. The van der Waals surface area contributed by atoms with Crippen molar-refractivity contribution in [3.8, 4) is 0 Å². The summed E-state index contributed by atoms with van der Waals surface area (Å²) >= 11 is 4.68. The van der Waals surface area contributed by atoms with Crippen LogP contribution >= 0.6 is 27.7 Å². The van der Waals surface area contributed by atoms with E-state index >= 15 is 0 Å². The Balaban J connectivity index is 2.10. The highest BCUT2D eigenvalue weighted by molar-refractivity contribution is 9.10. The summed E-state index contributed by atoms with van der Waals surface area (Å²) in [6.45, 7) is 0. The Hall–Kier alpha value is -0.870. The molecule has 0 aromatic heterocycles. The standard InChI is InChI=1S/C13H9BrF2S/c14-13-9(3-1-6-12(13)16)8-17-11-5-2-4-10(15)7-11/h1-7H,8H2. The number of hydrogen-bond acceptors (Lipinski definition) is 1. The van der Waals surface area contributed by atoms with E-state index in [1.807, 2.05) is 12.1 Å². The molecule has 0 unspecified atom stereocenters. The number of thioether (sulfide) groups is 1. The van der Waals surface area contributed by atoms with Crippen molar-refractivity contribution in [3.05, 3.63) is 64.1 Å². The summed E-state index contributed by atoms with van der Waals surface area (Å²) in [6.07, 6.45) is 0. The first-order chi connectivity index (χ1) is 8.16. The molecule has 2 rings (SSSR count). The molecular weight excluding hydrogens is 306 g/mol. The second-order valence-electron chi connectivity index (χ2n) is 3.46. The molecule has 0 nitrogen and oxygen atoms in total. The molecule has 0 spiro atoms. The summed E-state index contributed by atoms with van der Waals surface area (Å²) in [5.74, 6) is 0.0672. The molecule has 0 atom stereocenters. The normalized spacial score (nSPS) is 10.5. The van der Waals surface area contributed by atoms with E-state index in [-0.39, 0.29) is 11.6 Å². The van der Waals surface area contributed by atoms with Gasteiger partial charge < -0.3 is 0 Å². The average Bonchev–Trinajstić information content (AvgIpc) is 2.31. The third-order valence-corrected chi connectivity index (χ3v) is 4.15. The van der Waals surface area contributed by atoms with Gasteiger partial charge in [0.05, 0.1) is 4.47 Å². The number of hydrogen-bond donors (Lipinski definition) is 0. The Morgan fingerprint density at radius 2 is 1.82 bits per heavy atom. The molecule has 0 saturated carbocycles. The maximum atomic E-state index is 13.3. The van der Waals surface area contributed by atoms with Crippen LogP contribution in [-0.2, 0) is 5.75 Å². The van der Waals surface area contributed by atoms with Crippen molar-refractivity contribution in [1.82, 2.24) is 0 Å². The molecule has 0 heterocycles. The predicted molar refractivity (Wildman–Crippen MR) is 70.1 cm³/mol. The van der Waals surface area contributed by atoms with Crippen LogP contribution in [-0.4, -0.2) is 0 Å². The zero-order valence-electron chi connectivity index (χ0n) is 8.79. The molecule has 0 aliphatic carbocycles. The Labute approximate surface area is 111 Å². The van der Waals surface area contributed by atoms with Gasteiger partial charge in [-0.25, -0.2) is 8.78 Å². The molecule has 0 fully saturated rings. The highest BCUT2D eigenvalue weighted by Gasteiger charge is 2.05.